The highest BCUT2D eigenvalue weighted by atomic mass is 16.5. The lowest BCUT2D eigenvalue weighted by molar-refractivity contribution is -0.131. The van der Waals surface area contributed by atoms with Gasteiger partial charge in [-0.05, 0) is 30.9 Å². The van der Waals surface area contributed by atoms with Crippen LogP contribution in [0.4, 0.5) is 4.79 Å². The molecule has 1 aromatic rings. The molecule has 1 aromatic carbocycles. The average molecular weight is 334 g/mol. The van der Waals surface area contributed by atoms with Crippen molar-refractivity contribution >= 4 is 11.9 Å². The zero-order valence-corrected chi connectivity index (χ0v) is 14.9. The van der Waals surface area contributed by atoms with Crippen LogP contribution in [0.25, 0.3) is 0 Å². The first-order valence-corrected chi connectivity index (χ1v) is 8.07. The molecule has 0 bridgehead atoms. The maximum absolute atomic E-state index is 12.1. The summed E-state index contributed by atoms with van der Waals surface area (Å²) in [6.07, 6.45) is -0.957. The van der Waals surface area contributed by atoms with Gasteiger partial charge in [-0.15, -0.1) is 0 Å². The molecular weight excluding hydrogens is 308 g/mol. The first-order valence-electron chi connectivity index (χ1n) is 8.07. The summed E-state index contributed by atoms with van der Waals surface area (Å²) in [6, 6.07) is 7.17. The molecule has 1 unspecified atom stereocenters. The summed E-state index contributed by atoms with van der Waals surface area (Å²) < 4.78 is 5.74. The van der Waals surface area contributed by atoms with E-state index in [1.807, 2.05) is 24.3 Å². The van der Waals surface area contributed by atoms with E-state index in [-0.39, 0.29) is 24.5 Å². The number of ether oxygens (including phenoxy) is 1. The summed E-state index contributed by atoms with van der Waals surface area (Å²) in [4.78, 5) is 25.0. The van der Waals surface area contributed by atoms with Gasteiger partial charge < -0.3 is 15.2 Å². The zero-order valence-electron chi connectivity index (χ0n) is 14.9. The third-order valence-electron chi connectivity index (χ3n) is 3.96. The molecule has 1 aliphatic heterocycles. The number of β-amino-alcohol motifs (C(OH)–C–C–N with tert-alkyl or cyclic N) is 1. The van der Waals surface area contributed by atoms with Crippen LogP contribution in [0.15, 0.2) is 24.3 Å². The number of aliphatic hydroxyl groups is 1. The molecule has 0 aliphatic carbocycles. The molecule has 2 rings (SSSR count). The van der Waals surface area contributed by atoms with Gasteiger partial charge in [-0.2, -0.15) is 0 Å². The van der Waals surface area contributed by atoms with E-state index < -0.39 is 17.7 Å². The second kappa shape index (κ2) is 6.43. The first-order chi connectivity index (χ1) is 11.0. The number of nitrogens with one attached hydrogen (secondary N) is 1. The number of carbonyl (C=O) groups excluding carboxylic acids is 2. The minimum Gasteiger partial charge on any atom is -0.491 e. The third-order valence-corrected chi connectivity index (χ3v) is 3.96. The SMILES string of the molecule is CC1(C)NC(=O)N(CC(O)COc2ccccc2C(C)(C)C)C1=O. The van der Waals surface area contributed by atoms with Crippen molar-refractivity contribution in [3.8, 4) is 5.75 Å². The number of amides is 3. The molecule has 0 aromatic heterocycles. The first kappa shape index (κ1) is 18.3. The van der Waals surface area contributed by atoms with Crippen LogP contribution in [-0.2, 0) is 10.2 Å². The number of hydrogen-bond donors (Lipinski definition) is 2. The van der Waals surface area contributed by atoms with Crippen molar-refractivity contribution in [3.63, 3.8) is 0 Å². The van der Waals surface area contributed by atoms with Crippen molar-refractivity contribution in [1.29, 1.82) is 0 Å². The van der Waals surface area contributed by atoms with E-state index in [1.165, 1.54) is 0 Å². The Morgan fingerprint density at radius 1 is 1.25 bits per heavy atom. The molecule has 1 fully saturated rings. The van der Waals surface area contributed by atoms with Gasteiger partial charge >= 0.3 is 6.03 Å². The summed E-state index contributed by atoms with van der Waals surface area (Å²) in [5, 5.41) is 12.8. The van der Waals surface area contributed by atoms with E-state index in [9.17, 15) is 14.7 Å². The Morgan fingerprint density at radius 3 is 2.42 bits per heavy atom. The average Bonchev–Trinajstić information content (AvgIpc) is 2.66. The fourth-order valence-electron chi connectivity index (χ4n) is 2.65. The van der Waals surface area contributed by atoms with Crippen molar-refractivity contribution in [2.45, 2.75) is 51.7 Å². The summed E-state index contributed by atoms with van der Waals surface area (Å²) in [5.74, 6) is 0.350. The number of hydrogen-bond acceptors (Lipinski definition) is 4. The Bertz CT molecular complexity index is 634. The molecule has 1 saturated heterocycles. The third kappa shape index (κ3) is 3.87. The minimum absolute atomic E-state index is 0.00455. The van der Waals surface area contributed by atoms with E-state index in [4.69, 9.17) is 4.74 Å². The van der Waals surface area contributed by atoms with Crippen LogP contribution in [0.1, 0.15) is 40.2 Å². The lowest BCUT2D eigenvalue weighted by Gasteiger charge is -2.24. The van der Waals surface area contributed by atoms with Crippen LogP contribution >= 0.6 is 0 Å². The molecule has 0 radical (unpaired) electrons. The number of para-hydroxylation sites is 1. The van der Waals surface area contributed by atoms with Crippen molar-refractivity contribution in [1.82, 2.24) is 10.2 Å². The monoisotopic (exact) mass is 334 g/mol. The van der Waals surface area contributed by atoms with E-state index in [0.29, 0.717) is 5.75 Å². The van der Waals surface area contributed by atoms with Crippen LogP contribution in [0.5, 0.6) is 5.75 Å². The van der Waals surface area contributed by atoms with Crippen LogP contribution in [-0.4, -0.2) is 46.7 Å². The molecule has 24 heavy (non-hydrogen) atoms. The smallest absolute Gasteiger partial charge is 0.325 e. The van der Waals surface area contributed by atoms with E-state index in [1.54, 1.807) is 13.8 Å². The minimum atomic E-state index is -0.957. The Balaban J connectivity index is 1.99. The Kier molecular flexibility index (Phi) is 4.90. The van der Waals surface area contributed by atoms with Gasteiger partial charge in [0.2, 0.25) is 0 Å². The lowest BCUT2D eigenvalue weighted by atomic mass is 9.86. The standard InChI is InChI=1S/C18H26N2O4/c1-17(2,3)13-8-6-7-9-14(13)24-11-12(21)10-20-15(22)18(4,5)19-16(20)23/h6-9,12,21H,10-11H2,1-5H3,(H,19,23). The maximum Gasteiger partial charge on any atom is 0.325 e. The van der Waals surface area contributed by atoms with Crippen LogP contribution < -0.4 is 10.1 Å². The Labute approximate surface area is 142 Å². The fraction of sp³-hybridized carbons (Fsp3) is 0.556. The molecular formula is C18H26N2O4. The van der Waals surface area contributed by atoms with E-state index in [0.717, 1.165) is 10.5 Å². The van der Waals surface area contributed by atoms with Gasteiger partial charge in [-0.3, -0.25) is 9.69 Å². The molecule has 1 atom stereocenters. The Morgan fingerprint density at radius 2 is 1.88 bits per heavy atom. The highest BCUT2D eigenvalue weighted by Gasteiger charge is 2.44. The lowest BCUT2D eigenvalue weighted by Crippen LogP contribution is -2.42. The normalized spacial score (nSPS) is 18.5. The van der Waals surface area contributed by atoms with Crippen LogP contribution in [0, 0.1) is 0 Å². The molecule has 0 saturated carbocycles. The van der Waals surface area contributed by atoms with Crippen LogP contribution in [0.2, 0.25) is 0 Å². The number of carbonyl (C=O) groups is 2. The molecule has 0 spiro atoms. The number of urea groups is 1. The second-order valence-electron chi connectivity index (χ2n) is 7.68. The van der Waals surface area contributed by atoms with Gasteiger partial charge in [0.25, 0.3) is 5.91 Å². The van der Waals surface area contributed by atoms with E-state index in [2.05, 4.69) is 26.1 Å². The number of benzene rings is 1. The summed E-state index contributed by atoms with van der Waals surface area (Å²) in [7, 11) is 0. The van der Waals surface area contributed by atoms with Crippen molar-refractivity contribution in [2.75, 3.05) is 13.2 Å². The molecule has 1 aliphatic rings. The van der Waals surface area contributed by atoms with Gasteiger partial charge in [0.05, 0.1) is 6.54 Å². The highest BCUT2D eigenvalue weighted by molar-refractivity contribution is 6.06. The zero-order chi connectivity index (χ0) is 18.1. The molecule has 6 nitrogen and oxygen atoms in total. The second-order valence-corrected chi connectivity index (χ2v) is 7.68. The molecule has 6 heteroatoms. The van der Waals surface area contributed by atoms with Gasteiger partial charge in [0, 0.05) is 0 Å². The topological polar surface area (TPSA) is 78.9 Å². The summed E-state index contributed by atoms with van der Waals surface area (Å²) >= 11 is 0. The van der Waals surface area contributed by atoms with Crippen molar-refractivity contribution in [2.24, 2.45) is 0 Å². The predicted molar refractivity (Wildman–Crippen MR) is 91.0 cm³/mol. The Hall–Kier alpha value is -2.08. The van der Waals surface area contributed by atoms with Gasteiger partial charge in [-0.25, -0.2) is 4.79 Å². The van der Waals surface area contributed by atoms with Crippen molar-refractivity contribution in [3.05, 3.63) is 29.8 Å². The summed E-state index contributed by atoms with van der Waals surface area (Å²) in [6.45, 7) is 9.44. The van der Waals surface area contributed by atoms with Gasteiger partial charge in [0.15, 0.2) is 0 Å². The molecule has 132 valence electrons. The van der Waals surface area contributed by atoms with Crippen molar-refractivity contribution < 1.29 is 19.4 Å². The molecule has 3 amide bonds. The maximum atomic E-state index is 12.1. The summed E-state index contributed by atoms with van der Waals surface area (Å²) in [5.41, 5.74) is 0.0145. The number of rotatable bonds is 5. The van der Waals surface area contributed by atoms with Gasteiger partial charge in [0.1, 0.15) is 24.0 Å². The largest absolute Gasteiger partial charge is 0.491 e. The molecule has 2 N–H and O–H groups in total. The fourth-order valence-corrected chi connectivity index (χ4v) is 2.65. The predicted octanol–water partition coefficient (Wildman–Crippen LogP) is 2.05. The number of nitrogens with zero attached hydrogens (tertiary/aromatic N) is 1. The van der Waals surface area contributed by atoms with Crippen LogP contribution in [0.3, 0.4) is 0 Å². The molecule has 1 heterocycles. The van der Waals surface area contributed by atoms with Gasteiger partial charge in [-0.1, -0.05) is 39.0 Å². The number of imide groups is 1. The highest BCUT2D eigenvalue weighted by Crippen LogP contribution is 2.31. The number of aliphatic hydroxyl groups excluding tert-OH is 1. The van der Waals surface area contributed by atoms with E-state index >= 15 is 0 Å². The quantitative estimate of drug-likeness (QED) is 0.808.